The SMILES string of the molecule is CNC(c1ccc(Br)o1)c1cc(Br)ccc1F. The van der Waals surface area contributed by atoms with Crippen molar-refractivity contribution in [2.24, 2.45) is 0 Å². The number of benzene rings is 1. The Morgan fingerprint density at radius 1 is 1.24 bits per heavy atom. The maximum Gasteiger partial charge on any atom is 0.169 e. The van der Waals surface area contributed by atoms with E-state index < -0.39 is 0 Å². The second-order valence-electron chi connectivity index (χ2n) is 3.53. The molecular weight excluding hydrogens is 353 g/mol. The van der Waals surface area contributed by atoms with Crippen molar-refractivity contribution < 1.29 is 8.81 Å². The molecule has 0 saturated heterocycles. The largest absolute Gasteiger partial charge is 0.452 e. The molecule has 0 aliphatic carbocycles. The zero-order valence-corrected chi connectivity index (χ0v) is 12.2. The van der Waals surface area contributed by atoms with Crippen molar-refractivity contribution in [2.45, 2.75) is 6.04 Å². The predicted octanol–water partition coefficient (Wildman–Crippen LogP) is 4.25. The van der Waals surface area contributed by atoms with Crippen molar-refractivity contribution in [3.63, 3.8) is 0 Å². The lowest BCUT2D eigenvalue weighted by Crippen LogP contribution is -2.18. The van der Waals surface area contributed by atoms with E-state index in [1.54, 1.807) is 25.2 Å². The molecule has 0 radical (unpaired) electrons. The highest BCUT2D eigenvalue weighted by Gasteiger charge is 2.19. The Morgan fingerprint density at radius 2 is 2.00 bits per heavy atom. The number of furan rings is 1. The molecular formula is C12H10Br2FNO. The summed E-state index contributed by atoms with van der Waals surface area (Å²) >= 11 is 6.57. The van der Waals surface area contributed by atoms with E-state index in [2.05, 4.69) is 37.2 Å². The quantitative estimate of drug-likeness (QED) is 0.882. The second kappa shape index (κ2) is 5.33. The van der Waals surface area contributed by atoms with E-state index in [1.165, 1.54) is 6.07 Å². The molecule has 0 fully saturated rings. The molecule has 0 saturated carbocycles. The van der Waals surface area contributed by atoms with Crippen LogP contribution in [0.2, 0.25) is 0 Å². The van der Waals surface area contributed by atoms with Crippen molar-refractivity contribution in [2.75, 3.05) is 7.05 Å². The van der Waals surface area contributed by atoms with Gasteiger partial charge in [-0.25, -0.2) is 4.39 Å². The van der Waals surface area contributed by atoms with Gasteiger partial charge in [-0.1, -0.05) is 15.9 Å². The molecule has 0 amide bonds. The van der Waals surface area contributed by atoms with Crippen molar-refractivity contribution >= 4 is 31.9 Å². The van der Waals surface area contributed by atoms with E-state index >= 15 is 0 Å². The van der Waals surface area contributed by atoms with Crippen LogP contribution in [-0.2, 0) is 0 Å². The Morgan fingerprint density at radius 3 is 2.59 bits per heavy atom. The van der Waals surface area contributed by atoms with E-state index in [9.17, 15) is 4.39 Å². The van der Waals surface area contributed by atoms with Crippen molar-refractivity contribution in [3.05, 3.63) is 56.6 Å². The molecule has 90 valence electrons. The number of halogens is 3. The highest BCUT2D eigenvalue weighted by Crippen LogP contribution is 2.29. The molecule has 1 N–H and O–H groups in total. The minimum absolute atomic E-state index is 0.264. The van der Waals surface area contributed by atoms with Gasteiger partial charge in [0.05, 0.1) is 6.04 Å². The van der Waals surface area contributed by atoms with Crippen LogP contribution in [-0.4, -0.2) is 7.05 Å². The third-order valence-corrected chi connectivity index (χ3v) is 3.36. The van der Waals surface area contributed by atoms with Crippen LogP contribution >= 0.6 is 31.9 Å². The summed E-state index contributed by atoms with van der Waals surface area (Å²) in [5.41, 5.74) is 0.545. The van der Waals surface area contributed by atoms with E-state index in [-0.39, 0.29) is 11.9 Å². The summed E-state index contributed by atoms with van der Waals surface area (Å²) < 4.78 is 20.7. The average molecular weight is 363 g/mol. The van der Waals surface area contributed by atoms with Gasteiger partial charge >= 0.3 is 0 Å². The summed E-state index contributed by atoms with van der Waals surface area (Å²) in [5, 5.41) is 3.04. The third kappa shape index (κ3) is 2.78. The van der Waals surface area contributed by atoms with Crippen LogP contribution in [0.5, 0.6) is 0 Å². The lowest BCUT2D eigenvalue weighted by Gasteiger charge is -2.15. The summed E-state index contributed by atoms with van der Waals surface area (Å²) in [6.07, 6.45) is 0. The first-order valence-electron chi connectivity index (χ1n) is 4.99. The van der Waals surface area contributed by atoms with Crippen LogP contribution in [0.3, 0.4) is 0 Å². The fourth-order valence-corrected chi connectivity index (χ4v) is 2.37. The fourth-order valence-electron chi connectivity index (χ4n) is 1.67. The maximum absolute atomic E-state index is 13.8. The van der Waals surface area contributed by atoms with Gasteiger partial charge < -0.3 is 9.73 Å². The van der Waals surface area contributed by atoms with Crippen LogP contribution in [0.1, 0.15) is 17.4 Å². The average Bonchev–Trinajstić information content (AvgIpc) is 2.71. The molecule has 1 atom stereocenters. The van der Waals surface area contributed by atoms with Crippen LogP contribution in [0.25, 0.3) is 0 Å². The standard InChI is InChI=1S/C12H10Br2FNO/c1-16-12(10-4-5-11(14)17-10)8-6-7(13)2-3-9(8)15/h2-6,12,16H,1H3. The first-order chi connectivity index (χ1) is 8.11. The number of rotatable bonds is 3. The number of nitrogens with one attached hydrogen (secondary N) is 1. The van der Waals surface area contributed by atoms with E-state index in [1.807, 2.05) is 6.07 Å². The van der Waals surface area contributed by atoms with E-state index in [0.29, 0.717) is 16.0 Å². The Bertz CT molecular complexity index is 527. The lowest BCUT2D eigenvalue weighted by molar-refractivity contribution is 0.438. The highest BCUT2D eigenvalue weighted by atomic mass is 79.9. The van der Waals surface area contributed by atoms with Crippen LogP contribution in [0.15, 0.2) is 43.9 Å². The van der Waals surface area contributed by atoms with Crippen molar-refractivity contribution in [1.29, 1.82) is 0 Å². The molecule has 1 aromatic carbocycles. The van der Waals surface area contributed by atoms with Crippen molar-refractivity contribution in [3.8, 4) is 0 Å². The van der Waals surface area contributed by atoms with Crippen molar-refractivity contribution in [1.82, 2.24) is 5.32 Å². The van der Waals surface area contributed by atoms with Gasteiger partial charge in [0.15, 0.2) is 4.67 Å². The molecule has 1 aromatic heterocycles. The van der Waals surface area contributed by atoms with Crippen LogP contribution < -0.4 is 5.32 Å². The molecule has 1 unspecified atom stereocenters. The molecule has 5 heteroatoms. The monoisotopic (exact) mass is 361 g/mol. The Balaban J connectivity index is 2.45. The summed E-state index contributed by atoms with van der Waals surface area (Å²) in [7, 11) is 1.77. The zero-order valence-electron chi connectivity index (χ0n) is 9.01. The van der Waals surface area contributed by atoms with E-state index in [0.717, 1.165) is 4.47 Å². The van der Waals surface area contributed by atoms with E-state index in [4.69, 9.17) is 4.42 Å². The molecule has 1 heterocycles. The third-order valence-electron chi connectivity index (χ3n) is 2.44. The normalized spacial score (nSPS) is 12.7. The minimum atomic E-state index is -0.307. The predicted molar refractivity (Wildman–Crippen MR) is 71.4 cm³/mol. The van der Waals surface area contributed by atoms with Gasteiger partial charge in [-0.2, -0.15) is 0 Å². The van der Waals surface area contributed by atoms with Gasteiger partial charge in [-0.15, -0.1) is 0 Å². The zero-order chi connectivity index (χ0) is 12.4. The Labute approximate surface area is 115 Å². The number of hydrogen-bond donors (Lipinski definition) is 1. The summed E-state index contributed by atoms with van der Waals surface area (Å²) in [6, 6.07) is 8.14. The van der Waals surface area contributed by atoms with Crippen LogP contribution in [0.4, 0.5) is 4.39 Å². The van der Waals surface area contributed by atoms with Crippen LogP contribution in [0, 0.1) is 5.82 Å². The van der Waals surface area contributed by atoms with Gasteiger partial charge in [0.2, 0.25) is 0 Å². The molecule has 2 rings (SSSR count). The van der Waals surface area contributed by atoms with Gasteiger partial charge in [0.25, 0.3) is 0 Å². The molecule has 0 aliphatic rings. The summed E-state index contributed by atoms with van der Waals surface area (Å²) in [5.74, 6) is 0.399. The summed E-state index contributed by atoms with van der Waals surface area (Å²) in [6.45, 7) is 0. The molecule has 0 bridgehead atoms. The summed E-state index contributed by atoms with van der Waals surface area (Å²) in [4.78, 5) is 0. The first kappa shape index (κ1) is 12.8. The lowest BCUT2D eigenvalue weighted by atomic mass is 10.0. The highest BCUT2D eigenvalue weighted by molar-refractivity contribution is 9.10. The van der Waals surface area contributed by atoms with Gasteiger partial charge in [-0.3, -0.25) is 0 Å². The number of hydrogen-bond acceptors (Lipinski definition) is 2. The molecule has 2 nitrogen and oxygen atoms in total. The fraction of sp³-hybridized carbons (Fsp3) is 0.167. The molecule has 17 heavy (non-hydrogen) atoms. The van der Waals surface area contributed by atoms with Gasteiger partial charge in [0.1, 0.15) is 11.6 Å². The smallest absolute Gasteiger partial charge is 0.169 e. The van der Waals surface area contributed by atoms with Gasteiger partial charge in [0, 0.05) is 10.0 Å². The van der Waals surface area contributed by atoms with Gasteiger partial charge in [-0.05, 0) is 53.3 Å². The molecule has 0 aliphatic heterocycles. The Hall–Kier alpha value is -0.650. The topological polar surface area (TPSA) is 25.2 Å². The second-order valence-corrected chi connectivity index (χ2v) is 5.23. The molecule has 0 spiro atoms. The minimum Gasteiger partial charge on any atom is -0.452 e. The first-order valence-corrected chi connectivity index (χ1v) is 6.58. The maximum atomic E-state index is 13.8. The Kier molecular flexibility index (Phi) is 4.01. The molecule has 2 aromatic rings.